The summed E-state index contributed by atoms with van der Waals surface area (Å²) in [6, 6.07) is 4.23. The van der Waals surface area contributed by atoms with Crippen molar-refractivity contribution in [3.05, 3.63) is 29.6 Å². The minimum atomic E-state index is -0.460. The van der Waals surface area contributed by atoms with E-state index in [0.29, 0.717) is 5.56 Å². The molecule has 2 rings (SSSR count). The molecule has 1 heterocycles. The zero-order valence-corrected chi connectivity index (χ0v) is 9.95. The van der Waals surface area contributed by atoms with Gasteiger partial charge in [-0.1, -0.05) is 0 Å². The number of nitrogen functional groups attached to an aromatic ring is 1. The summed E-state index contributed by atoms with van der Waals surface area (Å²) in [7, 11) is 0. The maximum atomic E-state index is 13.2. The van der Waals surface area contributed by atoms with E-state index in [0.717, 1.165) is 25.8 Å². The predicted molar refractivity (Wildman–Crippen MR) is 65.2 cm³/mol. The number of carbonyl (C=O) groups excluding carboxylic acids is 1. The lowest BCUT2D eigenvalue weighted by molar-refractivity contribution is 0.0635. The number of benzene rings is 1. The third kappa shape index (κ3) is 2.57. The number of halogens is 1. The molecule has 92 valence electrons. The van der Waals surface area contributed by atoms with Crippen LogP contribution in [0.2, 0.25) is 0 Å². The normalized spacial score (nSPS) is 20.4. The highest BCUT2D eigenvalue weighted by Gasteiger charge is 2.24. The first-order valence-electron chi connectivity index (χ1n) is 5.95. The molecule has 0 radical (unpaired) electrons. The van der Waals surface area contributed by atoms with E-state index < -0.39 is 5.82 Å². The molecular weight excluding hydrogens is 219 g/mol. The molecule has 1 saturated heterocycles. The summed E-state index contributed by atoms with van der Waals surface area (Å²) in [6.45, 7) is 2.77. The first-order valence-corrected chi connectivity index (χ1v) is 5.95. The number of nitrogens with two attached hydrogens (primary N) is 1. The van der Waals surface area contributed by atoms with Gasteiger partial charge in [0, 0.05) is 23.8 Å². The van der Waals surface area contributed by atoms with E-state index in [2.05, 4.69) is 0 Å². The second kappa shape index (κ2) is 4.73. The average molecular weight is 236 g/mol. The number of nitrogens with zero attached hydrogens (tertiary/aromatic N) is 1. The maximum absolute atomic E-state index is 13.2. The van der Waals surface area contributed by atoms with Crippen molar-refractivity contribution in [2.45, 2.75) is 32.2 Å². The van der Waals surface area contributed by atoms with Crippen LogP contribution in [-0.2, 0) is 0 Å². The third-order valence-electron chi connectivity index (χ3n) is 3.23. The van der Waals surface area contributed by atoms with Crippen molar-refractivity contribution in [2.75, 3.05) is 12.3 Å². The van der Waals surface area contributed by atoms with Gasteiger partial charge in [-0.05, 0) is 44.4 Å². The SMILES string of the molecule is CC1CCCCN1C(=O)c1cc(N)cc(F)c1. The second-order valence-electron chi connectivity index (χ2n) is 4.62. The Morgan fingerprint density at radius 2 is 2.18 bits per heavy atom. The minimum Gasteiger partial charge on any atom is -0.399 e. The van der Waals surface area contributed by atoms with Gasteiger partial charge in [0.15, 0.2) is 0 Å². The van der Waals surface area contributed by atoms with Crippen LogP contribution in [0, 0.1) is 5.82 Å². The number of piperidine rings is 1. The molecule has 1 fully saturated rings. The van der Waals surface area contributed by atoms with Crippen molar-refractivity contribution < 1.29 is 9.18 Å². The van der Waals surface area contributed by atoms with Crippen LogP contribution in [0.1, 0.15) is 36.5 Å². The van der Waals surface area contributed by atoms with Gasteiger partial charge in [-0.2, -0.15) is 0 Å². The molecule has 0 aromatic heterocycles. The van der Waals surface area contributed by atoms with Gasteiger partial charge >= 0.3 is 0 Å². The van der Waals surface area contributed by atoms with E-state index in [1.807, 2.05) is 6.92 Å². The number of likely N-dealkylation sites (tertiary alicyclic amines) is 1. The number of anilines is 1. The Morgan fingerprint density at radius 1 is 1.41 bits per heavy atom. The van der Waals surface area contributed by atoms with E-state index in [-0.39, 0.29) is 17.6 Å². The molecule has 1 aromatic carbocycles. The van der Waals surface area contributed by atoms with Crippen LogP contribution in [0.25, 0.3) is 0 Å². The van der Waals surface area contributed by atoms with E-state index in [9.17, 15) is 9.18 Å². The van der Waals surface area contributed by atoms with Gasteiger partial charge in [0.1, 0.15) is 5.82 Å². The maximum Gasteiger partial charge on any atom is 0.254 e. The van der Waals surface area contributed by atoms with Gasteiger partial charge in [-0.3, -0.25) is 4.79 Å². The van der Waals surface area contributed by atoms with Crippen molar-refractivity contribution in [3.8, 4) is 0 Å². The minimum absolute atomic E-state index is 0.122. The second-order valence-corrected chi connectivity index (χ2v) is 4.62. The van der Waals surface area contributed by atoms with Crippen molar-refractivity contribution in [3.63, 3.8) is 0 Å². The summed E-state index contributed by atoms with van der Waals surface area (Å²) in [5.41, 5.74) is 6.18. The smallest absolute Gasteiger partial charge is 0.254 e. The molecule has 0 bridgehead atoms. The Balaban J connectivity index is 2.23. The summed E-state index contributed by atoms with van der Waals surface area (Å²) >= 11 is 0. The Labute approximate surface area is 100 Å². The molecule has 1 amide bonds. The van der Waals surface area contributed by atoms with Gasteiger partial charge in [0.05, 0.1) is 0 Å². The molecule has 17 heavy (non-hydrogen) atoms. The monoisotopic (exact) mass is 236 g/mol. The Hall–Kier alpha value is -1.58. The molecule has 0 spiro atoms. The molecular formula is C13H17FN2O. The van der Waals surface area contributed by atoms with Crippen LogP contribution in [0.3, 0.4) is 0 Å². The lowest BCUT2D eigenvalue weighted by Gasteiger charge is -2.33. The summed E-state index contributed by atoms with van der Waals surface area (Å²) < 4.78 is 13.2. The molecule has 1 atom stereocenters. The van der Waals surface area contributed by atoms with Gasteiger partial charge in [0.2, 0.25) is 0 Å². The van der Waals surface area contributed by atoms with Gasteiger partial charge in [0.25, 0.3) is 5.91 Å². The third-order valence-corrected chi connectivity index (χ3v) is 3.23. The summed E-state index contributed by atoms with van der Waals surface area (Å²) in [6.07, 6.45) is 3.17. The summed E-state index contributed by atoms with van der Waals surface area (Å²) in [5.74, 6) is -0.582. The zero-order chi connectivity index (χ0) is 12.4. The Kier molecular flexibility index (Phi) is 3.31. The van der Waals surface area contributed by atoms with Gasteiger partial charge < -0.3 is 10.6 Å². The predicted octanol–water partition coefficient (Wildman–Crippen LogP) is 2.42. The number of carbonyl (C=O) groups is 1. The number of hydrogen-bond acceptors (Lipinski definition) is 2. The van der Waals surface area contributed by atoms with E-state index in [1.165, 1.54) is 18.2 Å². The fourth-order valence-corrected chi connectivity index (χ4v) is 2.30. The largest absolute Gasteiger partial charge is 0.399 e. The van der Waals surface area contributed by atoms with Crippen LogP contribution in [0.5, 0.6) is 0 Å². The van der Waals surface area contributed by atoms with Crippen LogP contribution < -0.4 is 5.73 Å². The molecule has 4 heteroatoms. The molecule has 1 aliphatic rings. The zero-order valence-electron chi connectivity index (χ0n) is 9.95. The molecule has 1 aliphatic heterocycles. The highest BCUT2D eigenvalue weighted by molar-refractivity contribution is 5.95. The van der Waals surface area contributed by atoms with Crippen molar-refractivity contribution in [1.29, 1.82) is 0 Å². The molecule has 0 aliphatic carbocycles. The molecule has 0 saturated carbocycles. The summed E-state index contributed by atoms with van der Waals surface area (Å²) in [4.78, 5) is 14.0. The lowest BCUT2D eigenvalue weighted by Crippen LogP contribution is -2.42. The van der Waals surface area contributed by atoms with Crippen LogP contribution in [0.4, 0.5) is 10.1 Å². The van der Waals surface area contributed by atoms with E-state index in [4.69, 9.17) is 5.73 Å². The van der Waals surface area contributed by atoms with E-state index in [1.54, 1.807) is 4.90 Å². The fourth-order valence-electron chi connectivity index (χ4n) is 2.30. The van der Waals surface area contributed by atoms with Crippen LogP contribution in [0.15, 0.2) is 18.2 Å². The van der Waals surface area contributed by atoms with Crippen LogP contribution in [-0.4, -0.2) is 23.4 Å². The quantitative estimate of drug-likeness (QED) is 0.761. The lowest BCUT2D eigenvalue weighted by atomic mass is 10.0. The van der Waals surface area contributed by atoms with Gasteiger partial charge in [-0.25, -0.2) is 4.39 Å². The Morgan fingerprint density at radius 3 is 2.82 bits per heavy atom. The number of rotatable bonds is 1. The van der Waals surface area contributed by atoms with E-state index >= 15 is 0 Å². The highest BCUT2D eigenvalue weighted by atomic mass is 19.1. The first kappa shape index (κ1) is 11.9. The van der Waals surface area contributed by atoms with Crippen LogP contribution >= 0.6 is 0 Å². The Bertz CT molecular complexity index is 413. The first-order chi connectivity index (χ1) is 8.08. The molecule has 1 aromatic rings. The molecule has 1 unspecified atom stereocenters. The van der Waals surface area contributed by atoms with Crippen molar-refractivity contribution in [1.82, 2.24) is 4.90 Å². The fraction of sp³-hybridized carbons (Fsp3) is 0.462. The van der Waals surface area contributed by atoms with Crippen molar-refractivity contribution >= 4 is 11.6 Å². The number of hydrogen-bond donors (Lipinski definition) is 1. The standard InChI is InChI=1S/C13H17FN2O/c1-9-4-2-3-5-16(9)13(17)10-6-11(14)8-12(15)7-10/h6-9H,2-5,15H2,1H3. The summed E-state index contributed by atoms with van der Waals surface area (Å²) in [5, 5.41) is 0. The average Bonchev–Trinajstić information content (AvgIpc) is 2.27. The van der Waals surface area contributed by atoms with Gasteiger partial charge in [-0.15, -0.1) is 0 Å². The topological polar surface area (TPSA) is 46.3 Å². The van der Waals surface area contributed by atoms with Crippen molar-refractivity contribution in [2.24, 2.45) is 0 Å². The highest BCUT2D eigenvalue weighted by Crippen LogP contribution is 2.20. The molecule has 2 N–H and O–H groups in total. The molecule has 3 nitrogen and oxygen atoms in total. The number of amides is 1.